The smallest absolute Gasteiger partial charge is 0.332 e. The van der Waals surface area contributed by atoms with Crippen molar-refractivity contribution in [3.8, 4) is 5.75 Å². The molecule has 2 aromatic carbocycles. The fourth-order valence-corrected chi connectivity index (χ4v) is 3.54. The van der Waals surface area contributed by atoms with E-state index in [1.807, 2.05) is 37.3 Å². The molecule has 0 bridgehead atoms. The topological polar surface area (TPSA) is 106 Å². The van der Waals surface area contributed by atoms with E-state index in [2.05, 4.69) is 15.5 Å². The maximum Gasteiger partial charge on any atom is 0.332 e. The third-order valence-electron chi connectivity index (χ3n) is 5.42. The first-order valence-corrected chi connectivity index (χ1v) is 10.2. The van der Waals surface area contributed by atoms with E-state index in [1.165, 1.54) is 11.6 Å². The summed E-state index contributed by atoms with van der Waals surface area (Å²) >= 11 is 0. The van der Waals surface area contributed by atoms with Crippen LogP contribution in [0.25, 0.3) is 11.2 Å². The monoisotopic (exact) mass is 432 g/mol. The van der Waals surface area contributed by atoms with E-state index in [4.69, 9.17) is 0 Å². The molecule has 0 amide bonds. The highest BCUT2D eigenvalue weighted by Gasteiger charge is 2.19. The third kappa shape index (κ3) is 3.92. The molecule has 9 heteroatoms. The zero-order valence-corrected chi connectivity index (χ0v) is 18.1. The number of hydrogen-bond donors (Lipinski definition) is 2. The predicted molar refractivity (Wildman–Crippen MR) is 124 cm³/mol. The summed E-state index contributed by atoms with van der Waals surface area (Å²) in [7, 11) is 3.05. The van der Waals surface area contributed by atoms with Gasteiger partial charge in [0.15, 0.2) is 11.2 Å². The summed E-state index contributed by atoms with van der Waals surface area (Å²) in [6.07, 6.45) is 0.674. The minimum atomic E-state index is -0.439. The Morgan fingerprint density at radius 3 is 2.41 bits per heavy atom. The van der Waals surface area contributed by atoms with E-state index in [1.54, 1.807) is 35.9 Å². The zero-order valence-electron chi connectivity index (χ0n) is 18.1. The maximum atomic E-state index is 12.9. The van der Waals surface area contributed by atoms with Crippen LogP contribution in [0.3, 0.4) is 0 Å². The normalized spacial score (nSPS) is 11.8. The number of rotatable bonds is 6. The van der Waals surface area contributed by atoms with Gasteiger partial charge in [0, 0.05) is 20.6 Å². The quantitative estimate of drug-likeness (QED) is 0.359. The fraction of sp³-hybridized carbons (Fsp3) is 0.217. The van der Waals surface area contributed by atoms with Gasteiger partial charge in [0.25, 0.3) is 5.56 Å². The number of anilines is 1. The summed E-state index contributed by atoms with van der Waals surface area (Å²) in [6.45, 7) is 2.30. The van der Waals surface area contributed by atoms with Crippen molar-refractivity contribution < 1.29 is 5.11 Å². The number of nitrogens with zero attached hydrogens (tertiary/aromatic N) is 5. The molecular weight excluding hydrogens is 408 g/mol. The maximum absolute atomic E-state index is 12.9. The van der Waals surface area contributed by atoms with E-state index in [0.29, 0.717) is 35.8 Å². The number of aromatic nitrogens is 4. The van der Waals surface area contributed by atoms with Gasteiger partial charge in [-0.2, -0.15) is 10.1 Å². The van der Waals surface area contributed by atoms with Gasteiger partial charge in [-0.15, -0.1) is 0 Å². The molecule has 2 aromatic heterocycles. The van der Waals surface area contributed by atoms with Crippen molar-refractivity contribution in [3.63, 3.8) is 0 Å². The fourth-order valence-electron chi connectivity index (χ4n) is 3.54. The Labute approximate surface area is 183 Å². The number of nitrogens with one attached hydrogen (secondary N) is 1. The molecule has 164 valence electrons. The minimum Gasteiger partial charge on any atom is -0.508 e. The molecule has 4 aromatic rings. The lowest BCUT2D eigenvalue weighted by molar-refractivity contribution is 0.475. The van der Waals surface area contributed by atoms with Crippen molar-refractivity contribution in [2.75, 3.05) is 5.43 Å². The number of fused-ring (bicyclic) bond motifs is 1. The summed E-state index contributed by atoms with van der Waals surface area (Å²) in [6, 6.07) is 16.6. The van der Waals surface area contributed by atoms with Gasteiger partial charge in [-0.25, -0.2) is 10.2 Å². The van der Waals surface area contributed by atoms with Gasteiger partial charge in [0.2, 0.25) is 5.95 Å². The molecule has 2 N–H and O–H groups in total. The predicted octanol–water partition coefficient (Wildman–Crippen LogP) is 2.22. The van der Waals surface area contributed by atoms with Crippen LogP contribution in [-0.4, -0.2) is 29.5 Å². The summed E-state index contributed by atoms with van der Waals surface area (Å²) in [5.41, 5.74) is 5.36. The summed E-state index contributed by atoms with van der Waals surface area (Å²) in [5.74, 6) is 0.543. The summed E-state index contributed by atoms with van der Waals surface area (Å²) in [5, 5.41) is 13.9. The zero-order chi connectivity index (χ0) is 22.8. The van der Waals surface area contributed by atoms with Gasteiger partial charge in [-0.1, -0.05) is 30.3 Å². The van der Waals surface area contributed by atoms with E-state index in [0.717, 1.165) is 15.7 Å². The highest BCUT2D eigenvalue weighted by Crippen LogP contribution is 2.18. The molecule has 0 aliphatic carbocycles. The first kappa shape index (κ1) is 21.1. The second kappa shape index (κ2) is 8.54. The Morgan fingerprint density at radius 1 is 1.03 bits per heavy atom. The van der Waals surface area contributed by atoms with Crippen LogP contribution in [0.5, 0.6) is 5.75 Å². The Kier molecular flexibility index (Phi) is 5.63. The average Bonchev–Trinajstić information content (AvgIpc) is 3.18. The molecular formula is C23H24N6O3. The van der Waals surface area contributed by atoms with Crippen LogP contribution in [0.4, 0.5) is 5.95 Å². The molecule has 2 heterocycles. The van der Waals surface area contributed by atoms with Crippen molar-refractivity contribution in [2.45, 2.75) is 19.9 Å². The Hall–Kier alpha value is -4.14. The lowest BCUT2D eigenvalue weighted by atomic mass is 10.1. The van der Waals surface area contributed by atoms with Crippen LogP contribution in [0.1, 0.15) is 18.1 Å². The van der Waals surface area contributed by atoms with Crippen molar-refractivity contribution in [2.24, 2.45) is 19.2 Å². The van der Waals surface area contributed by atoms with Crippen LogP contribution < -0.4 is 16.7 Å². The molecule has 0 saturated carbocycles. The second-order valence-electron chi connectivity index (χ2n) is 7.56. The number of imidazole rings is 1. The largest absolute Gasteiger partial charge is 0.508 e. The highest BCUT2D eigenvalue weighted by molar-refractivity contribution is 5.99. The van der Waals surface area contributed by atoms with Crippen LogP contribution in [0, 0.1) is 0 Å². The summed E-state index contributed by atoms with van der Waals surface area (Å²) in [4.78, 5) is 29.9. The van der Waals surface area contributed by atoms with Crippen LogP contribution in [-0.2, 0) is 27.1 Å². The number of hydrazone groups is 1. The molecule has 0 fully saturated rings. The number of hydrogen-bond acceptors (Lipinski definition) is 6. The van der Waals surface area contributed by atoms with Gasteiger partial charge < -0.3 is 9.67 Å². The number of aromatic hydroxyl groups is 1. The molecule has 9 nitrogen and oxygen atoms in total. The lowest BCUT2D eigenvalue weighted by Crippen LogP contribution is -2.37. The lowest BCUT2D eigenvalue weighted by Gasteiger charge is -2.10. The molecule has 0 spiro atoms. The van der Waals surface area contributed by atoms with Crippen LogP contribution in [0.2, 0.25) is 0 Å². The SMILES string of the molecule is C/C(=N\Nc1nc2c(c(=O)n(C)c(=O)n2C)n1CCc1ccccc1)c1ccc(O)cc1. The summed E-state index contributed by atoms with van der Waals surface area (Å²) < 4.78 is 4.20. The first-order valence-electron chi connectivity index (χ1n) is 10.2. The van der Waals surface area contributed by atoms with Gasteiger partial charge in [-0.3, -0.25) is 13.9 Å². The molecule has 0 unspecified atom stereocenters. The Morgan fingerprint density at radius 2 is 1.72 bits per heavy atom. The standard InChI is InChI=1S/C23H24N6O3/c1-15(17-9-11-18(30)12-10-17)25-26-22-24-20-19(21(31)28(3)23(32)27(20)2)29(22)14-13-16-7-5-4-6-8-16/h4-12,30H,13-14H2,1-3H3,(H,24,26)/b25-15+. The minimum absolute atomic E-state index is 0.175. The van der Waals surface area contributed by atoms with Gasteiger partial charge in [0.05, 0.1) is 5.71 Å². The molecule has 0 saturated heterocycles. The van der Waals surface area contributed by atoms with Crippen molar-refractivity contribution in [1.82, 2.24) is 18.7 Å². The number of phenolic OH excluding ortho intramolecular Hbond substituents is 1. The molecule has 0 aliphatic rings. The molecule has 0 aliphatic heterocycles. The number of aryl methyl sites for hydroxylation is 3. The van der Waals surface area contributed by atoms with Crippen LogP contribution >= 0.6 is 0 Å². The van der Waals surface area contributed by atoms with Crippen molar-refractivity contribution in [1.29, 1.82) is 0 Å². The Balaban J connectivity index is 1.78. The Bertz CT molecular complexity index is 1410. The second-order valence-corrected chi connectivity index (χ2v) is 7.56. The van der Waals surface area contributed by atoms with Crippen LogP contribution in [0.15, 0.2) is 69.3 Å². The average molecular weight is 432 g/mol. The number of benzene rings is 2. The van der Waals surface area contributed by atoms with Gasteiger partial charge in [0.1, 0.15) is 5.75 Å². The van der Waals surface area contributed by atoms with Crippen molar-refractivity contribution in [3.05, 3.63) is 86.6 Å². The van der Waals surface area contributed by atoms with Gasteiger partial charge in [-0.05, 0) is 48.7 Å². The van der Waals surface area contributed by atoms with Crippen molar-refractivity contribution >= 4 is 22.8 Å². The highest BCUT2D eigenvalue weighted by atomic mass is 16.3. The number of phenols is 1. The van der Waals surface area contributed by atoms with E-state index in [9.17, 15) is 14.7 Å². The third-order valence-corrected chi connectivity index (χ3v) is 5.42. The van der Waals surface area contributed by atoms with Gasteiger partial charge >= 0.3 is 5.69 Å². The molecule has 32 heavy (non-hydrogen) atoms. The molecule has 0 atom stereocenters. The van der Waals surface area contributed by atoms with E-state index < -0.39 is 11.2 Å². The molecule has 4 rings (SSSR count). The van der Waals surface area contributed by atoms with E-state index in [-0.39, 0.29) is 5.75 Å². The van der Waals surface area contributed by atoms with E-state index >= 15 is 0 Å². The molecule has 0 radical (unpaired) electrons. The first-order chi connectivity index (χ1) is 15.4.